The lowest BCUT2D eigenvalue weighted by Crippen LogP contribution is -2.47. The van der Waals surface area contributed by atoms with E-state index >= 15 is 0 Å². The maximum Gasteiger partial charge on any atom is 0.125 e. The third-order valence-corrected chi connectivity index (χ3v) is 3.81. The average molecular weight is 251 g/mol. The zero-order chi connectivity index (χ0) is 13.2. The highest BCUT2D eigenvalue weighted by Gasteiger charge is 2.40. The molecule has 1 aliphatic carbocycles. The van der Waals surface area contributed by atoms with E-state index in [0.717, 1.165) is 24.8 Å². The molecule has 1 saturated carbocycles. The molecule has 2 atom stereocenters. The van der Waals surface area contributed by atoms with E-state index in [-0.39, 0.29) is 6.04 Å². The molecule has 1 aromatic carbocycles. The summed E-state index contributed by atoms with van der Waals surface area (Å²) in [5, 5.41) is 10.9. The molecule has 18 heavy (non-hydrogen) atoms. The van der Waals surface area contributed by atoms with Crippen molar-refractivity contribution in [3.63, 3.8) is 0 Å². The minimum absolute atomic E-state index is 0.257. The van der Waals surface area contributed by atoms with Crippen molar-refractivity contribution in [1.29, 1.82) is 0 Å². The third-order valence-electron chi connectivity index (χ3n) is 3.81. The Balaban J connectivity index is 2.46. The van der Waals surface area contributed by atoms with Gasteiger partial charge in [-0.05, 0) is 31.0 Å². The molecule has 0 bridgehead atoms. The standard InChI is InChI=1S/C14H21NO3/c1-17-10-6-7-12(18-2)11(9-10)14(16)8-4-3-5-13(14)15/h6-7,9,13,16H,3-5,8,15H2,1-2H3. The Hall–Kier alpha value is -1.26. The van der Waals surface area contributed by atoms with Crippen LogP contribution in [0.2, 0.25) is 0 Å². The topological polar surface area (TPSA) is 64.7 Å². The van der Waals surface area contributed by atoms with E-state index in [4.69, 9.17) is 15.2 Å². The second-order valence-electron chi connectivity index (χ2n) is 4.84. The molecule has 4 nitrogen and oxygen atoms in total. The van der Waals surface area contributed by atoms with Gasteiger partial charge in [0.25, 0.3) is 0 Å². The van der Waals surface area contributed by atoms with E-state index in [2.05, 4.69) is 0 Å². The number of hydrogen-bond donors (Lipinski definition) is 2. The number of rotatable bonds is 3. The molecule has 2 rings (SSSR count). The summed E-state index contributed by atoms with van der Waals surface area (Å²) < 4.78 is 10.6. The Bertz CT molecular complexity index is 422. The van der Waals surface area contributed by atoms with Crippen molar-refractivity contribution in [2.45, 2.75) is 37.3 Å². The van der Waals surface area contributed by atoms with Crippen LogP contribution >= 0.6 is 0 Å². The van der Waals surface area contributed by atoms with E-state index in [1.165, 1.54) is 0 Å². The number of nitrogens with two attached hydrogens (primary N) is 1. The quantitative estimate of drug-likeness (QED) is 0.859. The molecule has 2 unspecified atom stereocenters. The Labute approximate surface area is 108 Å². The van der Waals surface area contributed by atoms with Gasteiger partial charge in [0.2, 0.25) is 0 Å². The Morgan fingerprint density at radius 3 is 2.67 bits per heavy atom. The van der Waals surface area contributed by atoms with Crippen molar-refractivity contribution >= 4 is 0 Å². The number of ether oxygens (including phenoxy) is 2. The molecule has 4 heteroatoms. The van der Waals surface area contributed by atoms with Crippen LogP contribution in [-0.4, -0.2) is 25.4 Å². The first-order valence-electron chi connectivity index (χ1n) is 6.32. The van der Waals surface area contributed by atoms with Crippen LogP contribution in [0.15, 0.2) is 18.2 Å². The van der Waals surface area contributed by atoms with E-state index in [0.29, 0.717) is 17.9 Å². The van der Waals surface area contributed by atoms with Crippen LogP contribution in [0.25, 0.3) is 0 Å². The highest BCUT2D eigenvalue weighted by molar-refractivity contribution is 5.44. The molecule has 1 aromatic rings. The summed E-state index contributed by atoms with van der Waals surface area (Å²) in [7, 11) is 3.21. The van der Waals surface area contributed by atoms with Gasteiger partial charge in [0.15, 0.2) is 0 Å². The molecule has 1 aliphatic rings. The fraction of sp³-hybridized carbons (Fsp3) is 0.571. The number of hydrogen-bond acceptors (Lipinski definition) is 4. The van der Waals surface area contributed by atoms with Gasteiger partial charge in [-0.15, -0.1) is 0 Å². The van der Waals surface area contributed by atoms with Crippen LogP contribution < -0.4 is 15.2 Å². The molecule has 0 aromatic heterocycles. The van der Waals surface area contributed by atoms with Gasteiger partial charge < -0.3 is 20.3 Å². The van der Waals surface area contributed by atoms with E-state index < -0.39 is 5.60 Å². The van der Waals surface area contributed by atoms with Crippen molar-refractivity contribution in [2.75, 3.05) is 14.2 Å². The molecule has 100 valence electrons. The zero-order valence-electron chi connectivity index (χ0n) is 11.0. The SMILES string of the molecule is COc1ccc(OC)c(C2(O)CCCCC2N)c1. The zero-order valence-corrected chi connectivity index (χ0v) is 11.0. The second-order valence-corrected chi connectivity index (χ2v) is 4.84. The summed E-state index contributed by atoms with van der Waals surface area (Å²) >= 11 is 0. The number of aliphatic hydroxyl groups is 1. The van der Waals surface area contributed by atoms with Crippen LogP contribution in [0.5, 0.6) is 11.5 Å². The first-order chi connectivity index (χ1) is 8.61. The lowest BCUT2D eigenvalue weighted by atomic mass is 9.76. The largest absolute Gasteiger partial charge is 0.497 e. The van der Waals surface area contributed by atoms with Crippen molar-refractivity contribution in [2.24, 2.45) is 5.73 Å². The lowest BCUT2D eigenvalue weighted by molar-refractivity contribution is -0.0212. The van der Waals surface area contributed by atoms with Gasteiger partial charge in [0, 0.05) is 11.6 Å². The Morgan fingerprint density at radius 2 is 2.06 bits per heavy atom. The van der Waals surface area contributed by atoms with E-state index in [1.807, 2.05) is 18.2 Å². The number of methoxy groups -OCH3 is 2. The maximum atomic E-state index is 10.9. The molecule has 1 fully saturated rings. The van der Waals surface area contributed by atoms with Crippen LogP contribution in [0.1, 0.15) is 31.2 Å². The smallest absolute Gasteiger partial charge is 0.125 e. The van der Waals surface area contributed by atoms with E-state index in [9.17, 15) is 5.11 Å². The highest BCUT2D eigenvalue weighted by Crippen LogP contribution is 2.41. The minimum Gasteiger partial charge on any atom is -0.497 e. The molecule has 0 radical (unpaired) electrons. The van der Waals surface area contributed by atoms with Gasteiger partial charge >= 0.3 is 0 Å². The molecule has 0 aliphatic heterocycles. The minimum atomic E-state index is -1.02. The Kier molecular flexibility index (Phi) is 3.78. The first-order valence-corrected chi connectivity index (χ1v) is 6.32. The fourth-order valence-corrected chi connectivity index (χ4v) is 2.67. The predicted molar refractivity (Wildman–Crippen MR) is 69.9 cm³/mol. The first kappa shape index (κ1) is 13.2. The molecular formula is C14H21NO3. The lowest BCUT2D eigenvalue weighted by Gasteiger charge is -2.39. The van der Waals surface area contributed by atoms with Crippen LogP contribution in [0.3, 0.4) is 0 Å². The molecule has 0 heterocycles. The normalized spacial score (nSPS) is 27.9. The summed E-state index contributed by atoms with van der Waals surface area (Å²) in [6.45, 7) is 0. The number of benzene rings is 1. The maximum absolute atomic E-state index is 10.9. The third kappa shape index (κ3) is 2.18. The van der Waals surface area contributed by atoms with Gasteiger partial charge in [0.1, 0.15) is 17.1 Å². The van der Waals surface area contributed by atoms with Crippen molar-refractivity contribution < 1.29 is 14.6 Å². The highest BCUT2D eigenvalue weighted by atomic mass is 16.5. The van der Waals surface area contributed by atoms with Gasteiger partial charge in [-0.2, -0.15) is 0 Å². The molecule has 3 N–H and O–H groups in total. The molecular weight excluding hydrogens is 230 g/mol. The van der Waals surface area contributed by atoms with Crippen molar-refractivity contribution in [3.05, 3.63) is 23.8 Å². The van der Waals surface area contributed by atoms with Crippen LogP contribution in [0.4, 0.5) is 0 Å². The summed E-state index contributed by atoms with van der Waals surface area (Å²) in [5.41, 5.74) is 5.83. The van der Waals surface area contributed by atoms with Crippen LogP contribution in [0, 0.1) is 0 Å². The summed E-state index contributed by atoms with van der Waals surface area (Å²) in [6, 6.07) is 5.20. The summed E-state index contributed by atoms with van der Waals surface area (Å²) in [5.74, 6) is 1.37. The van der Waals surface area contributed by atoms with E-state index in [1.54, 1.807) is 14.2 Å². The average Bonchev–Trinajstić information content (AvgIpc) is 2.41. The van der Waals surface area contributed by atoms with Gasteiger partial charge in [-0.1, -0.05) is 12.8 Å². The monoisotopic (exact) mass is 251 g/mol. The predicted octanol–water partition coefficient (Wildman–Crippen LogP) is 1.79. The van der Waals surface area contributed by atoms with Gasteiger partial charge in [-0.3, -0.25) is 0 Å². The molecule has 0 spiro atoms. The van der Waals surface area contributed by atoms with Crippen molar-refractivity contribution in [3.8, 4) is 11.5 Å². The Morgan fingerprint density at radius 1 is 1.28 bits per heavy atom. The summed E-state index contributed by atoms with van der Waals surface area (Å²) in [4.78, 5) is 0. The van der Waals surface area contributed by atoms with Crippen molar-refractivity contribution in [1.82, 2.24) is 0 Å². The van der Waals surface area contributed by atoms with Gasteiger partial charge in [0.05, 0.1) is 14.2 Å². The molecule has 0 saturated heterocycles. The molecule has 0 amide bonds. The van der Waals surface area contributed by atoms with Gasteiger partial charge in [-0.25, -0.2) is 0 Å². The summed E-state index contributed by atoms with van der Waals surface area (Å²) in [6.07, 6.45) is 3.54. The second kappa shape index (κ2) is 5.16. The fourth-order valence-electron chi connectivity index (χ4n) is 2.67. The van der Waals surface area contributed by atoms with Crippen LogP contribution in [-0.2, 0) is 5.60 Å².